The number of likely N-dealkylation sites (tertiary alicyclic amines) is 1. The van der Waals surface area contributed by atoms with E-state index in [-0.39, 0.29) is 11.6 Å². The Balaban J connectivity index is 1.78. The molecular formula is C14H16N2O4. The van der Waals surface area contributed by atoms with Crippen molar-refractivity contribution in [1.82, 2.24) is 4.90 Å². The molecule has 0 aromatic heterocycles. The Labute approximate surface area is 116 Å². The van der Waals surface area contributed by atoms with Crippen LogP contribution < -0.4 is 0 Å². The van der Waals surface area contributed by atoms with Crippen LogP contribution in [0.2, 0.25) is 0 Å². The Morgan fingerprint density at radius 1 is 1.30 bits per heavy atom. The van der Waals surface area contributed by atoms with Crippen LogP contribution in [-0.4, -0.2) is 33.9 Å². The maximum atomic E-state index is 12.4. The summed E-state index contributed by atoms with van der Waals surface area (Å²) < 4.78 is 0. The van der Waals surface area contributed by atoms with E-state index in [1.54, 1.807) is 4.90 Å². The van der Waals surface area contributed by atoms with Crippen LogP contribution in [0.4, 0.5) is 5.69 Å². The lowest BCUT2D eigenvalue weighted by Gasteiger charge is -2.17. The number of hydrogen-bond acceptors (Lipinski definition) is 4. The molecule has 1 aliphatic carbocycles. The molecular weight excluding hydrogens is 260 g/mol. The molecule has 2 atom stereocenters. The topological polar surface area (TPSA) is 83.7 Å². The summed E-state index contributed by atoms with van der Waals surface area (Å²) in [6.07, 6.45) is 3.61. The largest absolute Gasteiger partial charge is 0.502 e. The molecule has 1 aromatic rings. The second-order valence-electron chi connectivity index (χ2n) is 5.62. The summed E-state index contributed by atoms with van der Waals surface area (Å²) in [5.74, 6) is 0.598. The summed E-state index contributed by atoms with van der Waals surface area (Å²) in [4.78, 5) is 24.1. The zero-order valence-corrected chi connectivity index (χ0v) is 11.0. The van der Waals surface area contributed by atoms with Crippen LogP contribution >= 0.6 is 0 Å². The molecule has 1 heterocycles. The molecule has 2 unspecified atom stereocenters. The van der Waals surface area contributed by atoms with Gasteiger partial charge in [0.1, 0.15) is 0 Å². The molecule has 0 radical (unpaired) electrons. The van der Waals surface area contributed by atoms with Crippen molar-refractivity contribution in [3.05, 3.63) is 33.9 Å². The van der Waals surface area contributed by atoms with Crippen molar-refractivity contribution in [1.29, 1.82) is 0 Å². The molecule has 6 heteroatoms. The lowest BCUT2D eigenvalue weighted by molar-refractivity contribution is -0.385. The molecule has 1 aliphatic heterocycles. The van der Waals surface area contributed by atoms with E-state index in [9.17, 15) is 20.0 Å². The van der Waals surface area contributed by atoms with E-state index in [2.05, 4.69) is 0 Å². The molecule has 1 amide bonds. The molecule has 20 heavy (non-hydrogen) atoms. The van der Waals surface area contributed by atoms with Gasteiger partial charge in [-0.05, 0) is 36.8 Å². The first-order chi connectivity index (χ1) is 9.56. The van der Waals surface area contributed by atoms with Crippen LogP contribution in [-0.2, 0) is 0 Å². The third kappa shape index (κ3) is 2.11. The van der Waals surface area contributed by atoms with Crippen LogP contribution in [0, 0.1) is 22.0 Å². The van der Waals surface area contributed by atoms with Crippen molar-refractivity contribution in [2.24, 2.45) is 11.8 Å². The normalized spacial score (nSPS) is 24.7. The van der Waals surface area contributed by atoms with Crippen molar-refractivity contribution in [3.63, 3.8) is 0 Å². The molecule has 2 fully saturated rings. The first-order valence-electron chi connectivity index (χ1n) is 6.83. The minimum Gasteiger partial charge on any atom is -0.502 e. The average Bonchev–Trinajstić information content (AvgIpc) is 2.97. The predicted octanol–water partition coefficient (Wildman–Crippen LogP) is 2.17. The smallest absolute Gasteiger partial charge is 0.310 e. The van der Waals surface area contributed by atoms with E-state index in [0.717, 1.165) is 13.1 Å². The number of fused-ring (bicyclic) bond motifs is 1. The first kappa shape index (κ1) is 12.9. The van der Waals surface area contributed by atoms with Crippen molar-refractivity contribution in [2.45, 2.75) is 19.3 Å². The number of phenols is 1. The monoisotopic (exact) mass is 276 g/mol. The zero-order chi connectivity index (χ0) is 14.3. The Morgan fingerprint density at radius 3 is 2.50 bits per heavy atom. The number of benzene rings is 1. The van der Waals surface area contributed by atoms with Crippen molar-refractivity contribution < 1.29 is 14.8 Å². The summed E-state index contributed by atoms with van der Waals surface area (Å²) in [5, 5.41) is 20.2. The summed E-state index contributed by atoms with van der Waals surface area (Å²) in [6.45, 7) is 1.53. The Kier molecular flexibility index (Phi) is 3.08. The van der Waals surface area contributed by atoms with Gasteiger partial charge in [-0.1, -0.05) is 6.42 Å². The summed E-state index contributed by atoms with van der Waals surface area (Å²) >= 11 is 0. The summed E-state index contributed by atoms with van der Waals surface area (Å²) in [6, 6.07) is 3.78. The molecule has 1 saturated carbocycles. The number of amides is 1. The minimum atomic E-state index is -0.663. The Morgan fingerprint density at radius 2 is 1.95 bits per heavy atom. The molecule has 1 aromatic carbocycles. The van der Waals surface area contributed by atoms with E-state index < -0.39 is 10.7 Å². The fourth-order valence-electron chi connectivity index (χ4n) is 3.39. The quantitative estimate of drug-likeness (QED) is 0.662. The van der Waals surface area contributed by atoms with Crippen LogP contribution in [0.1, 0.15) is 29.6 Å². The zero-order valence-electron chi connectivity index (χ0n) is 11.0. The fraction of sp³-hybridized carbons (Fsp3) is 0.500. The van der Waals surface area contributed by atoms with Crippen molar-refractivity contribution >= 4 is 11.6 Å². The standard InChI is InChI=1S/C14H16N2O4/c17-13-6-9(4-5-12(13)16(19)20)14(18)15-7-10-2-1-3-11(10)8-15/h4-6,10-11,17H,1-3,7-8H2. The maximum Gasteiger partial charge on any atom is 0.310 e. The lowest BCUT2D eigenvalue weighted by Crippen LogP contribution is -2.29. The molecule has 106 valence electrons. The van der Waals surface area contributed by atoms with E-state index in [1.165, 1.54) is 37.5 Å². The molecule has 6 nitrogen and oxygen atoms in total. The molecule has 1 N–H and O–H groups in total. The van der Waals surface area contributed by atoms with E-state index in [0.29, 0.717) is 17.4 Å². The predicted molar refractivity (Wildman–Crippen MR) is 71.5 cm³/mol. The number of phenolic OH excluding ortho intramolecular Hbond substituents is 1. The molecule has 3 rings (SSSR count). The Hall–Kier alpha value is -2.11. The molecule has 0 spiro atoms. The Bertz CT molecular complexity index is 560. The van der Waals surface area contributed by atoms with Crippen LogP contribution in [0.5, 0.6) is 5.75 Å². The number of nitro groups is 1. The van der Waals surface area contributed by atoms with Crippen molar-refractivity contribution in [3.8, 4) is 5.75 Å². The van der Waals surface area contributed by atoms with Gasteiger partial charge < -0.3 is 10.0 Å². The first-order valence-corrected chi connectivity index (χ1v) is 6.83. The van der Waals surface area contributed by atoms with Gasteiger partial charge in [-0.25, -0.2) is 0 Å². The van der Waals surface area contributed by atoms with Gasteiger partial charge in [0, 0.05) is 24.7 Å². The molecule has 0 bridgehead atoms. The number of nitro benzene ring substituents is 1. The second-order valence-corrected chi connectivity index (χ2v) is 5.62. The lowest BCUT2D eigenvalue weighted by atomic mass is 10.0. The number of rotatable bonds is 2. The second kappa shape index (κ2) is 4.77. The third-order valence-electron chi connectivity index (χ3n) is 4.43. The van der Waals surface area contributed by atoms with Crippen LogP contribution in [0.3, 0.4) is 0 Å². The highest BCUT2D eigenvalue weighted by atomic mass is 16.6. The summed E-state index contributed by atoms with van der Waals surface area (Å²) in [5.41, 5.74) is -0.0621. The maximum absolute atomic E-state index is 12.4. The highest BCUT2D eigenvalue weighted by Crippen LogP contribution is 2.38. The van der Waals surface area contributed by atoms with Gasteiger partial charge >= 0.3 is 5.69 Å². The van der Waals surface area contributed by atoms with E-state index in [4.69, 9.17) is 0 Å². The highest BCUT2D eigenvalue weighted by Gasteiger charge is 2.38. The van der Waals surface area contributed by atoms with Crippen LogP contribution in [0.15, 0.2) is 18.2 Å². The van der Waals surface area contributed by atoms with Gasteiger partial charge in [-0.15, -0.1) is 0 Å². The third-order valence-corrected chi connectivity index (χ3v) is 4.43. The number of carbonyl (C=O) groups is 1. The summed E-state index contributed by atoms with van der Waals surface area (Å²) in [7, 11) is 0. The van der Waals surface area contributed by atoms with Gasteiger partial charge in [0.25, 0.3) is 5.91 Å². The minimum absolute atomic E-state index is 0.149. The number of nitrogens with zero attached hydrogens (tertiary/aromatic N) is 2. The van der Waals surface area contributed by atoms with E-state index >= 15 is 0 Å². The average molecular weight is 276 g/mol. The van der Waals surface area contributed by atoms with Crippen molar-refractivity contribution in [2.75, 3.05) is 13.1 Å². The van der Waals surface area contributed by atoms with Gasteiger partial charge in [-0.2, -0.15) is 0 Å². The molecule has 2 aliphatic rings. The number of aromatic hydroxyl groups is 1. The van der Waals surface area contributed by atoms with Crippen LogP contribution in [0.25, 0.3) is 0 Å². The number of carbonyl (C=O) groups excluding carboxylic acids is 1. The van der Waals surface area contributed by atoms with Gasteiger partial charge in [0.2, 0.25) is 0 Å². The fourth-order valence-corrected chi connectivity index (χ4v) is 3.39. The SMILES string of the molecule is O=C(c1ccc([N+](=O)[O-])c(O)c1)N1CC2CCCC2C1. The highest BCUT2D eigenvalue weighted by molar-refractivity contribution is 5.95. The van der Waals surface area contributed by atoms with Gasteiger partial charge in [-0.3, -0.25) is 14.9 Å². The van der Waals surface area contributed by atoms with E-state index in [1.807, 2.05) is 0 Å². The molecule has 1 saturated heterocycles. The van der Waals surface area contributed by atoms with Gasteiger partial charge in [0.15, 0.2) is 5.75 Å². The number of hydrogen-bond donors (Lipinski definition) is 1. The van der Waals surface area contributed by atoms with Gasteiger partial charge in [0.05, 0.1) is 4.92 Å².